The van der Waals surface area contributed by atoms with Gasteiger partial charge in [-0.1, -0.05) is 37.3 Å². The summed E-state index contributed by atoms with van der Waals surface area (Å²) < 4.78 is 5.46. The lowest BCUT2D eigenvalue weighted by molar-refractivity contribution is 0.319. The molecule has 0 aromatic heterocycles. The quantitative estimate of drug-likeness (QED) is 0.608. The second kappa shape index (κ2) is 8.77. The number of hydrogen-bond acceptors (Lipinski definition) is 1. The zero-order valence-electron chi connectivity index (χ0n) is 15.4. The Hall–Kier alpha value is -2.20. The summed E-state index contributed by atoms with van der Waals surface area (Å²) in [6.07, 6.45) is 6.80. The molecule has 0 unspecified atom stereocenters. The Balaban J connectivity index is 1.61. The van der Waals surface area contributed by atoms with Crippen LogP contribution < -0.4 is 4.74 Å². The van der Waals surface area contributed by atoms with Crippen molar-refractivity contribution < 1.29 is 4.74 Å². The van der Waals surface area contributed by atoms with Gasteiger partial charge in [0.1, 0.15) is 5.75 Å². The predicted octanol–water partition coefficient (Wildman–Crippen LogP) is 6.17. The molecule has 0 bridgehead atoms. The Bertz CT molecular complexity index is 707. The van der Waals surface area contributed by atoms with Gasteiger partial charge >= 0.3 is 0 Å². The average Bonchev–Trinajstić information content (AvgIpc) is 2.68. The van der Waals surface area contributed by atoms with Gasteiger partial charge in [-0.15, -0.1) is 0 Å². The van der Waals surface area contributed by atoms with E-state index in [1.165, 1.54) is 37.7 Å². The highest BCUT2D eigenvalue weighted by Gasteiger charge is 2.20. The normalized spacial score (nSPS) is 19.8. The molecule has 0 aliphatic heterocycles. The first-order chi connectivity index (χ1) is 12.3. The van der Waals surface area contributed by atoms with E-state index in [2.05, 4.69) is 43.0 Å². The fourth-order valence-corrected chi connectivity index (χ4v) is 3.69. The number of ether oxygens (including phenoxy) is 1. The summed E-state index contributed by atoms with van der Waals surface area (Å²) in [4.78, 5) is 0. The Morgan fingerprint density at radius 3 is 1.88 bits per heavy atom. The summed E-state index contributed by atoms with van der Waals surface area (Å²) >= 11 is 0. The summed E-state index contributed by atoms with van der Waals surface area (Å²) in [6, 6.07) is 16.9. The van der Waals surface area contributed by atoms with Crippen molar-refractivity contribution in [1.29, 1.82) is 0 Å². The first-order valence-corrected chi connectivity index (χ1v) is 9.63. The molecule has 1 nitrogen and oxygen atoms in total. The van der Waals surface area contributed by atoms with Gasteiger partial charge in [-0.05, 0) is 86.4 Å². The molecule has 25 heavy (non-hydrogen) atoms. The van der Waals surface area contributed by atoms with Crippen molar-refractivity contribution in [2.45, 2.75) is 51.9 Å². The van der Waals surface area contributed by atoms with Gasteiger partial charge in [0.2, 0.25) is 0 Å². The SMILES string of the molecule is CCOc1ccc(C#Cc2ccc([C@H]3CC[C@H](CC)CC3)cc2)cc1. The van der Waals surface area contributed by atoms with Crippen LogP contribution in [-0.2, 0) is 0 Å². The maximum Gasteiger partial charge on any atom is 0.119 e. The standard InChI is InChI=1S/C24H28O/c1-3-19-7-13-22(14-8-19)23-15-9-20(10-16-23)5-6-21-11-17-24(18-12-21)25-4-2/h9-12,15-19,22H,3-4,7-8,13-14H2,1-2H3/t19-,22-. The minimum absolute atomic E-state index is 0.692. The minimum atomic E-state index is 0.692. The van der Waals surface area contributed by atoms with Crippen LogP contribution in [0.3, 0.4) is 0 Å². The second-order valence-electron chi connectivity index (χ2n) is 6.96. The molecule has 0 radical (unpaired) electrons. The molecule has 2 aromatic rings. The smallest absolute Gasteiger partial charge is 0.119 e. The maximum atomic E-state index is 5.46. The molecular weight excluding hydrogens is 304 g/mol. The van der Waals surface area contributed by atoms with Gasteiger partial charge in [-0.2, -0.15) is 0 Å². The molecule has 3 rings (SSSR count). The van der Waals surface area contributed by atoms with E-state index in [1.807, 2.05) is 31.2 Å². The van der Waals surface area contributed by atoms with Crippen LogP contribution in [0, 0.1) is 17.8 Å². The lowest BCUT2D eigenvalue weighted by Gasteiger charge is -2.28. The molecule has 0 N–H and O–H groups in total. The van der Waals surface area contributed by atoms with Crippen LogP contribution in [0.15, 0.2) is 48.5 Å². The van der Waals surface area contributed by atoms with Gasteiger partial charge in [-0.25, -0.2) is 0 Å². The van der Waals surface area contributed by atoms with Crippen LogP contribution in [0.4, 0.5) is 0 Å². The lowest BCUT2D eigenvalue weighted by Crippen LogP contribution is -2.12. The average molecular weight is 332 g/mol. The van der Waals surface area contributed by atoms with Crippen molar-refractivity contribution in [3.63, 3.8) is 0 Å². The van der Waals surface area contributed by atoms with Crippen molar-refractivity contribution >= 4 is 0 Å². The highest BCUT2D eigenvalue weighted by molar-refractivity contribution is 5.45. The summed E-state index contributed by atoms with van der Waals surface area (Å²) in [5.74, 6) is 9.10. The van der Waals surface area contributed by atoms with Gasteiger partial charge in [0, 0.05) is 11.1 Å². The van der Waals surface area contributed by atoms with Crippen LogP contribution in [0.25, 0.3) is 0 Å². The van der Waals surface area contributed by atoms with Gasteiger partial charge in [0.15, 0.2) is 0 Å². The van der Waals surface area contributed by atoms with E-state index < -0.39 is 0 Å². The van der Waals surface area contributed by atoms with Gasteiger partial charge in [0.25, 0.3) is 0 Å². The monoisotopic (exact) mass is 332 g/mol. The third kappa shape index (κ3) is 4.89. The van der Waals surface area contributed by atoms with Gasteiger partial charge < -0.3 is 4.74 Å². The van der Waals surface area contributed by atoms with Crippen LogP contribution in [0.2, 0.25) is 0 Å². The van der Waals surface area contributed by atoms with Crippen LogP contribution in [0.5, 0.6) is 5.75 Å². The molecule has 0 amide bonds. The molecule has 0 atom stereocenters. The maximum absolute atomic E-state index is 5.46. The van der Waals surface area contributed by atoms with Crippen LogP contribution >= 0.6 is 0 Å². The Morgan fingerprint density at radius 2 is 1.36 bits per heavy atom. The second-order valence-corrected chi connectivity index (χ2v) is 6.96. The van der Waals surface area contributed by atoms with E-state index >= 15 is 0 Å². The van der Waals surface area contributed by atoms with Crippen molar-refractivity contribution in [1.82, 2.24) is 0 Å². The third-order valence-electron chi connectivity index (χ3n) is 5.32. The first-order valence-electron chi connectivity index (χ1n) is 9.63. The van der Waals surface area contributed by atoms with Crippen LogP contribution in [0.1, 0.15) is 68.6 Å². The Morgan fingerprint density at radius 1 is 0.800 bits per heavy atom. The van der Waals surface area contributed by atoms with Crippen molar-refractivity contribution in [2.24, 2.45) is 5.92 Å². The summed E-state index contributed by atoms with van der Waals surface area (Å²) in [6.45, 7) is 5.01. The molecule has 0 saturated heterocycles. The number of rotatable bonds is 4. The van der Waals surface area contributed by atoms with Gasteiger partial charge in [-0.3, -0.25) is 0 Å². The molecule has 1 aliphatic carbocycles. The lowest BCUT2D eigenvalue weighted by atomic mass is 9.78. The third-order valence-corrected chi connectivity index (χ3v) is 5.32. The minimum Gasteiger partial charge on any atom is -0.494 e. The molecule has 1 saturated carbocycles. The number of hydrogen-bond donors (Lipinski definition) is 0. The molecule has 0 spiro atoms. The topological polar surface area (TPSA) is 9.23 Å². The molecule has 1 heteroatoms. The zero-order chi connectivity index (χ0) is 17.5. The fraction of sp³-hybridized carbons (Fsp3) is 0.417. The molecule has 0 heterocycles. The van der Waals surface area contributed by atoms with E-state index in [4.69, 9.17) is 4.74 Å². The fourth-order valence-electron chi connectivity index (χ4n) is 3.69. The molecular formula is C24H28O. The largest absolute Gasteiger partial charge is 0.494 e. The molecule has 2 aromatic carbocycles. The van der Waals surface area contributed by atoms with Gasteiger partial charge in [0.05, 0.1) is 6.61 Å². The van der Waals surface area contributed by atoms with E-state index in [-0.39, 0.29) is 0 Å². The zero-order valence-corrected chi connectivity index (χ0v) is 15.4. The van der Waals surface area contributed by atoms with E-state index in [1.54, 1.807) is 0 Å². The molecule has 1 fully saturated rings. The van der Waals surface area contributed by atoms with Crippen molar-refractivity contribution in [3.05, 3.63) is 65.2 Å². The first kappa shape index (κ1) is 17.6. The van der Waals surface area contributed by atoms with E-state index in [0.717, 1.165) is 28.7 Å². The highest BCUT2D eigenvalue weighted by atomic mass is 16.5. The Kier molecular flexibility index (Phi) is 6.18. The molecule has 1 aliphatic rings. The summed E-state index contributed by atoms with van der Waals surface area (Å²) in [5, 5.41) is 0. The van der Waals surface area contributed by atoms with Crippen molar-refractivity contribution in [2.75, 3.05) is 6.61 Å². The Labute approximate surface area is 152 Å². The number of benzene rings is 2. The predicted molar refractivity (Wildman–Crippen MR) is 105 cm³/mol. The summed E-state index contributed by atoms with van der Waals surface area (Å²) in [7, 11) is 0. The highest BCUT2D eigenvalue weighted by Crippen LogP contribution is 2.36. The van der Waals surface area contributed by atoms with Crippen LogP contribution in [-0.4, -0.2) is 6.61 Å². The molecule has 130 valence electrons. The van der Waals surface area contributed by atoms with E-state index in [9.17, 15) is 0 Å². The van der Waals surface area contributed by atoms with Crippen molar-refractivity contribution in [3.8, 4) is 17.6 Å². The van der Waals surface area contributed by atoms with E-state index in [0.29, 0.717) is 6.61 Å². The summed E-state index contributed by atoms with van der Waals surface area (Å²) in [5.41, 5.74) is 3.59.